The van der Waals surface area contributed by atoms with Crippen LogP contribution in [-0.2, 0) is 14.6 Å². The molecular weight excluding hydrogens is 316 g/mol. The van der Waals surface area contributed by atoms with Crippen LogP contribution in [0.25, 0.3) is 0 Å². The van der Waals surface area contributed by atoms with Crippen LogP contribution in [0.4, 0.5) is 0 Å². The number of sulfone groups is 1. The van der Waals surface area contributed by atoms with E-state index in [1.165, 1.54) is 5.38 Å². The molecule has 1 amide bonds. The van der Waals surface area contributed by atoms with Gasteiger partial charge in [-0.05, 0) is 19.3 Å². The SMILES string of the molecule is CCOC(=O)c1nc(C(=O)NCC2CCS(=O)(=O)C2)cs1. The summed E-state index contributed by atoms with van der Waals surface area (Å²) in [6.45, 7) is 2.23. The normalized spacial score (nSPS) is 20.1. The van der Waals surface area contributed by atoms with Crippen molar-refractivity contribution in [3.05, 3.63) is 16.1 Å². The van der Waals surface area contributed by atoms with Crippen LogP contribution in [0.5, 0.6) is 0 Å². The van der Waals surface area contributed by atoms with Gasteiger partial charge in [-0.2, -0.15) is 0 Å². The van der Waals surface area contributed by atoms with E-state index in [4.69, 9.17) is 4.74 Å². The van der Waals surface area contributed by atoms with Crippen LogP contribution >= 0.6 is 11.3 Å². The highest BCUT2D eigenvalue weighted by molar-refractivity contribution is 7.91. The zero-order chi connectivity index (χ0) is 15.5. The van der Waals surface area contributed by atoms with Gasteiger partial charge in [-0.25, -0.2) is 18.2 Å². The molecule has 0 aromatic carbocycles. The van der Waals surface area contributed by atoms with E-state index in [1.807, 2.05) is 0 Å². The first kappa shape index (κ1) is 15.9. The Bertz CT molecular complexity index is 638. The minimum Gasteiger partial charge on any atom is -0.461 e. The van der Waals surface area contributed by atoms with Gasteiger partial charge in [0.1, 0.15) is 5.69 Å². The molecule has 0 aliphatic carbocycles. The van der Waals surface area contributed by atoms with E-state index in [9.17, 15) is 18.0 Å². The fraction of sp³-hybridized carbons (Fsp3) is 0.583. The fourth-order valence-electron chi connectivity index (χ4n) is 2.03. The van der Waals surface area contributed by atoms with Gasteiger partial charge >= 0.3 is 5.97 Å². The number of esters is 1. The summed E-state index contributed by atoms with van der Waals surface area (Å²) in [4.78, 5) is 27.3. The van der Waals surface area contributed by atoms with E-state index >= 15 is 0 Å². The van der Waals surface area contributed by atoms with Crippen molar-refractivity contribution >= 4 is 33.1 Å². The number of hydrogen-bond donors (Lipinski definition) is 1. The number of rotatable bonds is 5. The summed E-state index contributed by atoms with van der Waals surface area (Å²) < 4.78 is 27.4. The number of amides is 1. The summed E-state index contributed by atoms with van der Waals surface area (Å²) in [6.07, 6.45) is 0.563. The van der Waals surface area contributed by atoms with Gasteiger partial charge in [0.05, 0.1) is 18.1 Å². The average molecular weight is 332 g/mol. The molecule has 0 spiro atoms. The summed E-state index contributed by atoms with van der Waals surface area (Å²) in [7, 11) is -2.95. The molecule has 1 atom stereocenters. The molecule has 21 heavy (non-hydrogen) atoms. The second-order valence-corrected chi connectivity index (χ2v) is 7.82. The van der Waals surface area contributed by atoms with Crippen molar-refractivity contribution < 1.29 is 22.7 Å². The standard InChI is InChI=1S/C12H16N2O5S2/c1-2-19-12(16)11-14-9(6-20-11)10(15)13-5-8-3-4-21(17,18)7-8/h6,8H,2-5,7H2,1H3,(H,13,15). The van der Waals surface area contributed by atoms with E-state index in [2.05, 4.69) is 10.3 Å². The van der Waals surface area contributed by atoms with Gasteiger partial charge in [-0.1, -0.05) is 0 Å². The summed E-state index contributed by atoms with van der Waals surface area (Å²) in [5.41, 5.74) is 0.143. The van der Waals surface area contributed by atoms with E-state index in [1.54, 1.807) is 6.92 Å². The van der Waals surface area contributed by atoms with Crippen LogP contribution in [0.2, 0.25) is 0 Å². The lowest BCUT2D eigenvalue weighted by Crippen LogP contribution is -2.30. The van der Waals surface area contributed by atoms with E-state index in [0.717, 1.165) is 11.3 Å². The Balaban J connectivity index is 1.88. The highest BCUT2D eigenvalue weighted by Gasteiger charge is 2.28. The number of thiazole rings is 1. The number of hydrogen-bond acceptors (Lipinski definition) is 7. The van der Waals surface area contributed by atoms with E-state index < -0.39 is 21.7 Å². The van der Waals surface area contributed by atoms with E-state index in [0.29, 0.717) is 13.0 Å². The van der Waals surface area contributed by atoms with Crippen LogP contribution < -0.4 is 5.32 Å². The molecule has 1 aliphatic heterocycles. The molecule has 9 heteroatoms. The summed E-state index contributed by atoms with van der Waals surface area (Å²) in [6, 6.07) is 0. The number of nitrogens with one attached hydrogen (secondary N) is 1. The van der Waals surface area contributed by atoms with Gasteiger partial charge in [0.25, 0.3) is 5.91 Å². The zero-order valence-electron chi connectivity index (χ0n) is 11.5. The minimum atomic E-state index is -2.95. The molecule has 1 unspecified atom stereocenters. The Kier molecular flexibility index (Phi) is 4.94. The number of carbonyl (C=O) groups excluding carboxylic acids is 2. The maximum absolute atomic E-state index is 11.9. The number of nitrogens with zero attached hydrogens (tertiary/aromatic N) is 1. The third-order valence-corrected chi connectivity index (χ3v) is 5.72. The zero-order valence-corrected chi connectivity index (χ0v) is 13.1. The van der Waals surface area contributed by atoms with Crippen molar-refractivity contribution in [2.75, 3.05) is 24.7 Å². The highest BCUT2D eigenvalue weighted by atomic mass is 32.2. The Morgan fingerprint density at radius 2 is 2.29 bits per heavy atom. The molecular formula is C12H16N2O5S2. The van der Waals surface area contributed by atoms with Gasteiger partial charge in [0, 0.05) is 11.9 Å². The second-order valence-electron chi connectivity index (χ2n) is 4.74. The minimum absolute atomic E-state index is 0.0536. The quantitative estimate of drug-likeness (QED) is 0.787. The third kappa shape index (κ3) is 4.24. The van der Waals surface area contributed by atoms with Crippen LogP contribution in [0.1, 0.15) is 33.6 Å². The Morgan fingerprint density at radius 1 is 1.52 bits per heavy atom. The predicted octanol–water partition coefficient (Wildman–Crippen LogP) is 0.484. The fourth-order valence-corrected chi connectivity index (χ4v) is 4.58. The Labute approximate surface area is 126 Å². The van der Waals surface area contributed by atoms with Gasteiger partial charge < -0.3 is 10.1 Å². The van der Waals surface area contributed by atoms with Crippen LogP contribution in [0.3, 0.4) is 0 Å². The first-order valence-electron chi connectivity index (χ1n) is 6.52. The molecule has 7 nitrogen and oxygen atoms in total. The van der Waals surface area contributed by atoms with Crippen LogP contribution in [-0.4, -0.2) is 49.9 Å². The predicted molar refractivity (Wildman–Crippen MR) is 77.2 cm³/mol. The van der Waals surface area contributed by atoms with Crippen molar-refractivity contribution in [1.29, 1.82) is 0 Å². The molecule has 0 bridgehead atoms. The highest BCUT2D eigenvalue weighted by Crippen LogP contribution is 2.17. The molecule has 1 aliphatic rings. The molecule has 1 aromatic rings. The molecule has 2 heterocycles. The molecule has 1 N–H and O–H groups in total. The first-order chi connectivity index (χ1) is 9.91. The second kappa shape index (κ2) is 6.52. The van der Waals surface area contributed by atoms with Gasteiger partial charge in [-0.3, -0.25) is 4.79 Å². The Hall–Kier alpha value is -1.48. The lowest BCUT2D eigenvalue weighted by molar-refractivity contribution is 0.0526. The van der Waals surface area contributed by atoms with Crippen molar-refractivity contribution in [3.8, 4) is 0 Å². The summed E-state index contributed by atoms with van der Waals surface area (Å²) >= 11 is 1.04. The molecule has 0 saturated carbocycles. The molecule has 116 valence electrons. The van der Waals surface area contributed by atoms with Crippen molar-refractivity contribution in [3.63, 3.8) is 0 Å². The summed E-state index contributed by atoms with van der Waals surface area (Å²) in [5, 5.41) is 4.26. The molecule has 1 fully saturated rings. The monoisotopic (exact) mass is 332 g/mol. The van der Waals surface area contributed by atoms with Crippen molar-refractivity contribution in [1.82, 2.24) is 10.3 Å². The maximum Gasteiger partial charge on any atom is 0.367 e. The Morgan fingerprint density at radius 3 is 2.90 bits per heavy atom. The maximum atomic E-state index is 11.9. The molecule has 0 radical (unpaired) electrons. The lowest BCUT2D eigenvalue weighted by atomic mass is 10.1. The largest absolute Gasteiger partial charge is 0.461 e. The van der Waals surface area contributed by atoms with Crippen molar-refractivity contribution in [2.24, 2.45) is 5.92 Å². The number of aromatic nitrogens is 1. The number of carbonyl (C=O) groups is 2. The van der Waals surface area contributed by atoms with Crippen molar-refractivity contribution in [2.45, 2.75) is 13.3 Å². The van der Waals surface area contributed by atoms with E-state index in [-0.39, 0.29) is 34.7 Å². The van der Waals surface area contributed by atoms with Gasteiger partial charge in [-0.15, -0.1) is 11.3 Å². The summed E-state index contributed by atoms with van der Waals surface area (Å²) in [5.74, 6) is -0.730. The third-order valence-electron chi connectivity index (χ3n) is 3.06. The first-order valence-corrected chi connectivity index (χ1v) is 9.22. The molecule has 1 aromatic heterocycles. The topological polar surface area (TPSA) is 102 Å². The molecule has 1 saturated heterocycles. The van der Waals surface area contributed by atoms with Gasteiger partial charge in [0.2, 0.25) is 5.01 Å². The van der Waals surface area contributed by atoms with Crippen LogP contribution in [0.15, 0.2) is 5.38 Å². The smallest absolute Gasteiger partial charge is 0.367 e. The molecule has 2 rings (SSSR count). The number of ether oxygens (including phenoxy) is 1. The van der Waals surface area contributed by atoms with Crippen LogP contribution in [0, 0.1) is 5.92 Å². The lowest BCUT2D eigenvalue weighted by Gasteiger charge is -2.08. The average Bonchev–Trinajstić information content (AvgIpc) is 3.03. The van der Waals surface area contributed by atoms with Gasteiger partial charge in [0.15, 0.2) is 9.84 Å².